The highest BCUT2D eigenvalue weighted by Crippen LogP contribution is 2.40. The van der Waals surface area contributed by atoms with Gasteiger partial charge in [0.15, 0.2) is 5.82 Å². The van der Waals surface area contributed by atoms with E-state index in [1.807, 2.05) is 16.8 Å². The van der Waals surface area contributed by atoms with Gasteiger partial charge in [-0.1, -0.05) is 18.6 Å². The second-order valence-electron chi connectivity index (χ2n) is 13.5. The molecule has 1 unspecified atom stereocenters. The van der Waals surface area contributed by atoms with Crippen LogP contribution in [0.3, 0.4) is 0 Å². The number of likely N-dealkylation sites (N-methyl/N-ethyl adjacent to an activating group) is 1. The standard InChI is InChI=1S/C38H38F2N6O5/c1-6-27-30(39)13-10-22-15-26(51-38(48)50-21(3)4)16-28(32(22)27)34-33(40)35-29(17-41-34)36(43-37(42-35)49-20-25-9-8-14-44(25)5)45-18-23-11-12-24(19-45)46(23)31(47)7-2/h1,7,10,13,15-17,21,23-25H,2,8-9,11-12,14,18-20H2,3-5H3/t23-,24+,25?. The second-order valence-corrected chi connectivity index (χ2v) is 13.5. The molecule has 0 N–H and O–H groups in total. The summed E-state index contributed by atoms with van der Waals surface area (Å²) >= 11 is 0. The van der Waals surface area contributed by atoms with Crippen LogP contribution in [-0.2, 0) is 9.53 Å². The summed E-state index contributed by atoms with van der Waals surface area (Å²) < 4.78 is 49.0. The lowest BCUT2D eigenvalue weighted by molar-refractivity contribution is -0.129. The normalized spacial score (nSPS) is 20.2. The molecule has 7 rings (SSSR count). The Bertz CT molecular complexity index is 2090. The molecule has 3 atom stereocenters. The number of halogens is 2. The van der Waals surface area contributed by atoms with Crippen LogP contribution >= 0.6 is 0 Å². The number of amides is 1. The summed E-state index contributed by atoms with van der Waals surface area (Å²) in [5, 5.41) is 0.943. The Hall–Kier alpha value is -5.35. The quantitative estimate of drug-likeness (QED) is 0.0961. The molecule has 5 heterocycles. The fraction of sp³-hybridized carbons (Fsp3) is 0.395. The average molecular weight is 697 g/mol. The lowest BCUT2D eigenvalue weighted by Gasteiger charge is -2.41. The third kappa shape index (κ3) is 6.40. The highest BCUT2D eigenvalue weighted by molar-refractivity contribution is 6.03. The van der Waals surface area contributed by atoms with E-state index in [9.17, 15) is 9.59 Å². The first kappa shape index (κ1) is 34.1. The van der Waals surface area contributed by atoms with Crippen molar-refractivity contribution in [1.82, 2.24) is 24.8 Å². The van der Waals surface area contributed by atoms with Crippen molar-refractivity contribution in [3.8, 4) is 35.4 Å². The molecule has 11 nitrogen and oxygen atoms in total. The summed E-state index contributed by atoms with van der Waals surface area (Å²) in [7, 11) is 2.03. The Labute approximate surface area is 294 Å². The molecule has 0 aliphatic carbocycles. The Morgan fingerprint density at radius 3 is 2.57 bits per heavy atom. The number of ether oxygens (including phenoxy) is 3. The van der Waals surface area contributed by atoms with Gasteiger partial charge in [-0.3, -0.25) is 9.78 Å². The number of hydrogen-bond acceptors (Lipinski definition) is 10. The summed E-state index contributed by atoms with van der Waals surface area (Å²) in [5.41, 5.74) is -0.258. The van der Waals surface area contributed by atoms with E-state index in [-0.39, 0.29) is 63.5 Å². The predicted molar refractivity (Wildman–Crippen MR) is 188 cm³/mol. The number of pyridine rings is 1. The maximum Gasteiger partial charge on any atom is 0.514 e. The maximum absolute atomic E-state index is 17.1. The molecular weight excluding hydrogens is 658 g/mol. The molecule has 3 aliphatic rings. The fourth-order valence-corrected chi connectivity index (χ4v) is 7.53. The summed E-state index contributed by atoms with van der Waals surface area (Å²) in [4.78, 5) is 45.2. The molecule has 13 heteroatoms. The number of aromatic nitrogens is 3. The van der Waals surface area contributed by atoms with Crippen molar-refractivity contribution < 1.29 is 32.6 Å². The number of anilines is 1. The number of terminal acetylenes is 1. The molecule has 0 radical (unpaired) electrons. The summed E-state index contributed by atoms with van der Waals surface area (Å²) in [5.74, 6) is 1.22. The van der Waals surface area contributed by atoms with Gasteiger partial charge in [-0.05, 0) is 82.8 Å². The topological polar surface area (TPSA) is 110 Å². The number of benzene rings is 2. The van der Waals surface area contributed by atoms with Gasteiger partial charge in [0.2, 0.25) is 5.91 Å². The summed E-state index contributed by atoms with van der Waals surface area (Å²) in [6.07, 6.45) is 10.8. The maximum atomic E-state index is 17.1. The van der Waals surface area contributed by atoms with Crippen LogP contribution in [0, 0.1) is 24.0 Å². The van der Waals surface area contributed by atoms with Crippen LogP contribution in [0.15, 0.2) is 43.1 Å². The van der Waals surface area contributed by atoms with Crippen LogP contribution in [0.2, 0.25) is 0 Å². The van der Waals surface area contributed by atoms with Crippen molar-refractivity contribution in [2.45, 2.75) is 63.8 Å². The van der Waals surface area contributed by atoms with Crippen molar-refractivity contribution in [3.05, 3.63) is 60.3 Å². The van der Waals surface area contributed by atoms with E-state index < -0.39 is 23.9 Å². The summed E-state index contributed by atoms with van der Waals surface area (Å²) in [6.45, 7) is 9.23. The van der Waals surface area contributed by atoms with Crippen LogP contribution in [0.1, 0.15) is 45.1 Å². The second kappa shape index (κ2) is 13.8. The average Bonchev–Trinajstić information content (AvgIpc) is 3.64. The van der Waals surface area contributed by atoms with E-state index in [0.717, 1.165) is 32.2 Å². The van der Waals surface area contributed by atoms with Crippen LogP contribution in [-0.4, -0.2) is 94.3 Å². The lowest BCUT2D eigenvalue weighted by atomic mass is 9.95. The molecule has 3 fully saturated rings. The molecule has 2 bridgehead atoms. The van der Waals surface area contributed by atoms with Gasteiger partial charge in [0.25, 0.3) is 0 Å². The first-order valence-corrected chi connectivity index (χ1v) is 17.1. The van der Waals surface area contributed by atoms with Gasteiger partial charge < -0.3 is 28.9 Å². The zero-order valence-electron chi connectivity index (χ0n) is 28.7. The van der Waals surface area contributed by atoms with E-state index in [0.29, 0.717) is 36.3 Å². The zero-order valence-corrected chi connectivity index (χ0v) is 28.7. The van der Waals surface area contributed by atoms with Crippen LogP contribution < -0.4 is 14.4 Å². The van der Waals surface area contributed by atoms with E-state index in [1.165, 1.54) is 36.5 Å². The van der Waals surface area contributed by atoms with Gasteiger partial charge in [0.1, 0.15) is 35.2 Å². The van der Waals surface area contributed by atoms with Gasteiger partial charge in [0, 0.05) is 48.4 Å². The predicted octanol–water partition coefficient (Wildman–Crippen LogP) is 5.87. The molecule has 0 saturated carbocycles. The highest BCUT2D eigenvalue weighted by Gasteiger charge is 2.43. The molecule has 0 spiro atoms. The van der Waals surface area contributed by atoms with Crippen LogP contribution in [0.25, 0.3) is 32.9 Å². The molecule has 4 aromatic rings. The number of carbonyl (C=O) groups excluding carboxylic acids is 2. The number of likely N-dealkylation sites (tertiary alicyclic amines) is 1. The number of hydrogen-bond donors (Lipinski definition) is 0. The smallest absolute Gasteiger partial charge is 0.462 e. The number of nitrogens with zero attached hydrogens (tertiary/aromatic N) is 6. The molecule has 1 amide bonds. The van der Waals surface area contributed by atoms with E-state index in [4.69, 9.17) is 25.6 Å². The first-order valence-electron chi connectivity index (χ1n) is 17.1. The Morgan fingerprint density at radius 2 is 1.90 bits per heavy atom. The van der Waals surface area contributed by atoms with Crippen molar-refractivity contribution in [2.75, 3.05) is 38.2 Å². The van der Waals surface area contributed by atoms with Crippen molar-refractivity contribution in [1.29, 1.82) is 0 Å². The van der Waals surface area contributed by atoms with Gasteiger partial charge in [-0.25, -0.2) is 13.6 Å². The summed E-state index contributed by atoms with van der Waals surface area (Å²) in [6, 6.07) is 5.56. The molecule has 2 aromatic heterocycles. The lowest BCUT2D eigenvalue weighted by Crippen LogP contribution is -2.55. The Morgan fingerprint density at radius 1 is 1.14 bits per heavy atom. The van der Waals surface area contributed by atoms with Crippen LogP contribution in [0.5, 0.6) is 11.8 Å². The number of rotatable bonds is 8. The molecule has 51 heavy (non-hydrogen) atoms. The van der Waals surface area contributed by atoms with Gasteiger partial charge in [-0.15, -0.1) is 6.42 Å². The van der Waals surface area contributed by atoms with E-state index in [2.05, 4.69) is 27.4 Å². The molecule has 264 valence electrons. The Kier molecular flexibility index (Phi) is 9.20. The van der Waals surface area contributed by atoms with Crippen LogP contribution in [0.4, 0.5) is 19.4 Å². The third-order valence-corrected chi connectivity index (χ3v) is 9.90. The SMILES string of the molecule is C#Cc1c(F)ccc2cc(OC(=O)OC(C)C)cc(-c3ncc4c(N5C[C@H]6CC[C@@H](C5)N6C(=O)C=C)nc(OCC5CCCN5C)nc4c3F)c12. The number of fused-ring (bicyclic) bond motifs is 4. The molecule has 3 aliphatic heterocycles. The largest absolute Gasteiger partial charge is 0.514 e. The van der Waals surface area contributed by atoms with Gasteiger partial charge >= 0.3 is 12.2 Å². The van der Waals surface area contributed by atoms with Crippen molar-refractivity contribution >= 4 is 39.6 Å². The molecule has 2 aromatic carbocycles. The minimum Gasteiger partial charge on any atom is -0.462 e. The first-order chi connectivity index (χ1) is 24.6. The van der Waals surface area contributed by atoms with E-state index >= 15 is 8.78 Å². The fourth-order valence-electron chi connectivity index (χ4n) is 7.53. The highest BCUT2D eigenvalue weighted by atomic mass is 19.1. The third-order valence-electron chi connectivity index (χ3n) is 9.90. The van der Waals surface area contributed by atoms with E-state index in [1.54, 1.807) is 13.8 Å². The number of piperazine rings is 1. The molecular formula is C38H38F2N6O5. The minimum absolute atomic E-state index is 0.000439. The van der Waals surface area contributed by atoms with Crippen molar-refractivity contribution in [2.24, 2.45) is 0 Å². The Balaban J connectivity index is 1.37. The van der Waals surface area contributed by atoms with Gasteiger partial charge in [0.05, 0.1) is 17.1 Å². The van der Waals surface area contributed by atoms with Crippen molar-refractivity contribution in [3.63, 3.8) is 0 Å². The monoisotopic (exact) mass is 696 g/mol. The number of carbonyl (C=O) groups is 2. The zero-order chi connectivity index (χ0) is 36.0. The van der Waals surface area contributed by atoms with Gasteiger partial charge in [-0.2, -0.15) is 9.97 Å². The molecule has 3 saturated heterocycles. The minimum atomic E-state index is -0.961.